The van der Waals surface area contributed by atoms with Crippen molar-refractivity contribution in [3.63, 3.8) is 0 Å². The van der Waals surface area contributed by atoms with Crippen LogP contribution in [0.5, 0.6) is 0 Å². The molecule has 1 atom stereocenters. The van der Waals surface area contributed by atoms with E-state index in [2.05, 4.69) is 5.32 Å². The molecule has 9 heteroatoms. The first-order valence-electron chi connectivity index (χ1n) is 9.89. The molecule has 1 rings (SSSR count). The molecule has 1 aromatic carbocycles. The van der Waals surface area contributed by atoms with E-state index in [4.69, 9.17) is 19.6 Å². The minimum absolute atomic E-state index is 0.0493. The molecule has 0 heterocycles. The number of nitrogens with zero attached hydrogens (tertiary/aromatic N) is 1. The van der Waals surface area contributed by atoms with Crippen molar-refractivity contribution in [1.29, 1.82) is 5.41 Å². The standard InChI is InChI=1S/C21H31N3O6/c1-5-6-12-28-18(26)14-24(4)20(22)23-21(27)30-19(15(2)3)29-17(25)13-16-10-8-7-9-11-16/h7-11,15,19H,5-6,12-14H2,1-4H3,(H2,22,23,27). The Morgan fingerprint density at radius 2 is 1.77 bits per heavy atom. The summed E-state index contributed by atoms with van der Waals surface area (Å²) in [5.74, 6) is -1.67. The smallest absolute Gasteiger partial charge is 0.417 e. The van der Waals surface area contributed by atoms with Crippen molar-refractivity contribution in [3.05, 3.63) is 35.9 Å². The van der Waals surface area contributed by atoms with Crippen molar-refractivity contribution in [2.75, 3.05) is 20.2 Å². The summed E-state index contributed by atoms with van der Waals surface area (Å²) in [6.07, 6.45) is -0.361. The summed E-state index contributed by atoms with van der Waals surface area (Å²) < 4.78 is 15.4. The van der Waals surface area contributed by atoms with Crippen LogP contribution in [-0.4, -0.2) is 55.4 Å². The molecule has 0 radical (unpaired) electrons. The molecule has 1 amide bonds. The summed E-state index contributed by atoms with van der Waals surface area (Å²) in [5.41, 5.74) is 0.781. The van der Waals surface area contributed by atoms with Gasteiger partial charge in [-0.3, -0.25) is 20.3 Å². The first-order valence-corrected chi connectivity index (χ1v) is 9.89. The van der Waals surface area contributed by atoms with Crippen LogP contribution in [0.25, 0.3) is 0 Å². The van der Waals surface area contributed by atoms with Gasteiger partial charge in [-0.2, -0.15) is 0 Å². The number of amides is 1. The number of likely N-dealkylation sites (N-methyl/N-ethyl adjacent to an activating group) is 1. The second-order valence-corrected chi connectivity index (χ2v) is 7.07. The number of ether oxygens (including phenoxy) is 3. The third-order valence-electron chi connectivity index (χ3n) is 3.94. The number of rotatable bonds is 10. The second-order valence-electron chi connectivity index (χ2n) is 7.07. The number of hydrogen-bond donors (Lipinski definition) is 2. The number of guanidine groups is 1. The van der Waals surface area contributed by atoms with Gasteiger partial charge in [0.15, 0.2) is 0 Å². The molecular weight excluding hydrogens is 390 g/mol. The Hall–Kier alpha value is -3.10. The topological polar surface area (TPSA) is 118 Å². The molecule has 0 bridgehead atoms. The van der Waals surface area contributed by atoms with Crippen LogP contribution in [0.1, 0.15) is 39.2 Å². The molecule has 0 aliphatic carbocycles. The Morgan fingerprint density at radius 1 is 1.10 bits per heavy atom. The van der Waals surface area contributed by atoms with Crippen LogP contribution in [0, 0.1) is 11.3 Å². The number of benzene rings is 1. The number of alkyl carbamates (subject to hydrolysis) is 1. The van der Waals surface area contributed by atoms with E-state index in [0.29, 0.717) is 6.61 Å². The van der Waals surface area contributed by atoms with Crippen LogP contribution < -0.4 is 5.32 Å². The van der Waals surface area contributed by atoms with E-state index < -0.39 is 24.3 Å². The number of hydrogen-bond acceptors (Lipinski definition) is 7. The van der Waals surface area contributed by atoms with Gasteiger partial charge in [-0.25, -0.2) is 4.79 Å². The largest absolute Gasteiger partial charge is 0.464 e. The van der Waals surface area contributed by atoms with Gasteiger partial charge in [0.25, 0.3) is 6.29 Å². The molecule has 0 spiro atoms. The highest BCUT2D eigenvalue weighted by atomic mass is 16.7. The summed E-state index contributed by atoms with van der Waals surface area (Å²) >= 11 is 0. The average Bonchev–Trinajstić information content (AvgIpc) is 2.68. The van der Waals surface area contributed by atoms with Gasteiger partial charge in [0.2, 0.25) is 5.96 Å². The highest BCUT2D eigenvalue weighted by Crippen LogP contribution is 2.11. The van der Waals surface area contributed by atoms with E-state index in [0.717, 1.165) is 18.4 Å². The van der Waals surface area contributed by atoms with Crippen molar-refractivity contribution in [2.45, 2.75) is 46.3 Å². The first-order chi connectivity index (χ1) is 14.2. The van der Waals surface area contributed by atoms with Crippen molar-refractivity contribution in [3.8, 4) is 0 Å². The maximum atomic E-state index is 12.1. The molecule has 0 aromatic heterocycles. The predicted octanol–water partition coefficient (Wildman–Crippen LogP) is 2.69. The molecule has 1 unspecified atom stereocenters. The van der Waals surface area contributed by atoms with Gasteiger partial charge in [0.1, 0.15) is 6.54 Å². The summed E-state index contributed by atoms with van der Waals surface area (Å²) in [7, 11) is 1.46. The molecule has 0 aliphatic heterocycles. The van der Waals surface area contributed by atoms with Crippen molar-refractivity contribution in [1.82, 2.24) is 10.2 Å². The van der Waals surface area contributed by atoms with Crippen LogP contribution in [0.3, 0.4) is 0 Å². The van der Waals surface area contributed by atoms with Crippen LogP contribution in [0.2, 0.25) is 0 Å². The number of nitrogens with one attached hydrogen (secondary N) is 2. The lowest BCUT2D eigenvalue weighted by atomic mass is 10.1. The Morgan fingerprint density at radius 3 is 2.37 bits per heavy atom. The maximum absolute atomic E-state index is 12.1. The third-order valence-corrected chi connectivity index (χ3v) is 3.94. The van der Waals surface area contributed by atoms with Crippen molar-refractivity contribution in [2.24, 2.45) is 5.92 Å². The van der Waals surface area contributed by atoms with Crippen molar-refractivity contribution < 1.29 is 28.6 Å². The summed E-state index contributed by atoms with van der Waals surface area (Å²) in [6, 6.07) is 9.06. The zero-order chi connectivity index (χ0) is 22.5. The SMILES string of the molecule is CCCCOC(=O)CN(C)C(=N)NC(=O)OC(OC(=O)Cc1ccccc1)C(C)C. The summed E-state index contributed by atoms with van der Waals surface area (Å²) in [5, 5.41) is 10.1. The number of esters is 2. The third kappa shape index (κ3) is 9.90. The minimum Gasteiger partial charge on any atom is -0.464 e. The second kappa shape index (κ2) is 13.2. The predicted molar refractivity (Wildman–Crippen MR) is 111 cm³/mol. The van der Waals surface area contributed by atoms with Gasteiger partial charge in [0, 0.05) is 13.0 Å². The highest BCUT2D eigenvalue weighted by Gasteiger charge is 2.24. The molecule has 0 aliphatic rings. The Balaban J connectivity index is 2.49. The van der Waals surface area contributed by atoms with Gasteiger partial charge >= 0.3 is 18.0 Å². The monoisotopic (exact) mass is 421 g/mol. The Bertz CT molecular complexity index is 708. The van der Waals surface area contributed by atoms with E-state index in [1.54, 1.807) is 26.0 Å². The van der Waals surface area contributed by atoms with Crippen LogP contribution in [0.4, 0.5) is 4.79 Å². The fraction of sp³-hybridized carbons (Fsp3) is 0.524. The van der Waals surface area contributed by atoms with Gasteiger partial charge in [-0.1, -0.05) is 57.5 Å². The van der Waals surface area contributed by atoms with Crippen LogP contribution in [0.15, 0.2) is 30.3 Å². The lowest BCUT2D eigenvalue weighted by molar-refractivity contribution is -0.173. The normalized spacial score (nSPS) is 11.4. The quantitative estimate of drug-likeness (QED) is 0.196. The van der Waals surface area contributed by atoms with Crippen LogP contribution in [-0.2, 0) is 30.2 Å². The summed E-state index contributed by atoms with van der Waals surface area (Å²) in [4.78, 5) is 37.1. The molecule has 2 N–H and O–H groups in total. The van der Waals surface area contributed by atoms with Gasteiger partial charge < -0.3 is 19.1 Å². The summed E-state index contributed by atoms with van der Waals surface area (Å²) in [6.45, 7) is 5.57. The average molecular weight is 421 g/mol. The fourth-order valence-electron chi connectivity index (χ4n) is 2.21. The van der Waals surface area contributed by atoms with E-state index in [1.807, 2.05) is 25.1 Å². The highest BCUT2D eigenvalue weighted by molar-refractivity contribution is 5.93. The molecule has 0 saturated heterocycles. The number of unbranched alkanes of at least 4 members (excludes halogenated alkanes) is 1. The van der Waals surface area contributed by atoms with Gasteiger partial charge in [0.05, 0.1) is 13.0 Å². The zero-order valence-electron chi connectivity index (χ0n) is 18.0. The molecule has 0 fully saturated rings. The fourth-order valence-corrected chi connectivity index (χ4v) is 2.21. The molecule has 0 saturated carbocycles. The van der Waals surface area contributed by atoms with Gasteiger partial charge in [-0.15, -0.1) is 0 Å². The molecule has 30 heavy (non-hydrogen) atoms. The van der Waals surface area contributed by atoms with E-state index in [-0.39, 0.29) is 24.8 Å². The number of carbonyl (C=O) groups is 3. The lowest BCUT2D eigenvalue weighted by Crippen LogP contribution is -2.45. The van der Waals surface area contributed by atoms with Crippen LogP contribution >= 0.6 is 0 Å². The lowest BCUT2D eigenvalue weighted by Gasteiger charge is -2.23. The van der Waals surface area contributed by atoms with Gasteiger partial charge in [-0.05, 0) is 12.0 Å². The zero-order valence-corrected chi connectivity index (χ0v) is 18.0. The van der Waals surface area contributed by atoms with Crippen molar-refractivity contribution >= 4 is 24.0 Å². The maximum Gasteiger partial charge on any atom is 0.417 e. The van der Waals surface area contributed by atoms with E-state index >= 15 is 0 Å². The van der Waals surface area contributed by atoms with E-state index in [1.165, 1.54) is 11.9 Å². The Kier molecular flexibility index (Phi) is 11.0. The molecule has 9 nitrogen and oxygen atoms in total. The number of carbonyl (C=O) groups excluding carboxylic acids is 3. The molecular formula is C21H31N3O6. The molecule has 1 aromatic rings. The first kappa shape index (κ1) is 24.9. The Labute approximate surface area is 177 Å². The van der Waals surface area contributed by atoms with E-state index in [9.17, 15) is 14.4 Å². The molecule has 166 valence electrons. The minimum atomic E-state index is -1.11.